The number of hydrogen-bond donors (Lipinski definition) is 1. The zero-order valence-electron chi connectivity index (χ0n) is 13.6. The van der Waals surface area contributed by atoms with Crippen LogP contribution in [0, 0.1) is 0 Å². The van der Waals surface area contributed by atoms with Crippen molar-refractivity contribution in [1.29, 1.82) is 0 Å². The van der Waals surface area contributed by atoms with Crippen LogP contribution in [-0.2, 0) is 6.42 Å². The standard InChI is InChI=1S/C21H19N3/c1-2-19-21(23-20-13-12-18(22)14-24(19)20)17-10-8-16(9-11-17)15-6-4-3-5-7-15/h3-14H,2,22H2,1H3. The first kappa shape index (κ1) is 14.5. The second-order valence-electron chi connectivity index (χ2n) is 5.89. The fourth-order valence-corrected chi connectivity index (χ4v) is 3.13. The lowest BCUT2D eigenvalue weighted by atomic mass is 10.0. The molecule has 3 nitrogen and oxygen atoms in total. The second-order valence-corrected chi connectivity index (χ2v) is 5.89. The molecule has 3 heteroatoms. The first-order valence-corrected chi connectivity index (χ1v) is 8.18. The average molecular weight is 313 g/mol. The molecule has 0 spiro atoms. The van der Waals surface area contributed by atoms with Crippen molar-refractivity contribution in [2.45, 2.75) is 13.3 Å². The summed E-state index contributed by atoms with van der Waals surface area (Å²) in [5.41, 5.74) is 13.4. The van der Waals surface area contributed by atoms with Gasteiger partial charge in [0.2, 0.25) is 0 Å². The highest BCUT2D eigenvalue weighted by Crippen LogP contribution is 2.28. The Balaban J connectivity index is 1.80. The van der Waals surface area contributed by atoms with Gasteiger partial charge in [-0.2, -0.15) is 0 Å². The fraction of sp³-hybridized carbons (Fsp3) is 0.0952. The monoisotopic (exact) mass is 313 g/mol. The maximum absolute atomic E-state index is 5.93. The zero-order chi connectivity index (χ0) is 16.5. The molecule has 0 aliphatic carbocycles. The molecule has 0 bridgehead atoms. The predicted octanol–water partition coefficient (Wildman–Crippen LogP) is 4.81. The van der Waals surface area contributed by atoms with Crippen LogP contribution in [0.4, 0.5) is 5.69 Å². The first-order chi connectivity index (χ1) is 11.8. The molecule has 2 aromatic carbocycles. The van der Waals surface area contributed by atoms with Gasteiger partial charge in [0.1, 0.15) is 5.65 Å². The summed E-state index contributed by atoms with van der Waals surface area (Å²) in [5.74, 6) is 0. The van der Waals surface area contributed by atoms with Crippen molar-refractivity contribution in [2.24, 2.45) is 0 Å². The molecule has 4 aromatic rings. The lowest BCUT2D eigenvalue weighted by Gasteiger charge is -2.05. The molecule has 4 rings (SSSR count). The normalized spacial score (nSPS) is 11.0. The molecule has 0 unspecified atom stereocenters. The summed E-state index contributed by atoms with van der Waals surface area (Å²) in [5, 5.41) is 0. The van der Waals surface area contributed by atoms with E-state index in [-0.39, 0.29) is 0 Å². The Hall–Kier alpha value is -3.07. The Morgan fingerprint density at radius 1 is 0.833 bits per heavy atom. The number of aryl methyl sites for hydroxylation is 1. The van der Waals surface area contributed by atoms with Crippen molar-refractivity contribution >= 4 is 11.3 Å². The van der Waals surface area contributed by atoms with Crippen molar-refractivity contribution in [3.05, 3.63) is 78.6 Å². The van der Waals surface area contributed by atoms with Gasteiger partial charge in [-0.3, -0.25) is 0 Å². The van der Waals surface area contributed by atoms with E-state index < -0.39 is 0 Å². The Morgan fingerprint density at radius 3 is 2.21 bits per heavy atom. The molecule has 2 aromatic heterocycles. The van der Waals surface area contributed by atoms with Crippen LogP contribution in [0.1, 0.15) is 12.6 Å². The largest absolute Gasteiger partial charge is 0.398 e. The molecule has 0 aliphatic rings. The molecular weight excluding hydrogens is 294 g/mol. The van der Waals surface area contributed by atoms with Crippen molar-refractivity contribution in [1.82, 2.24) is 9.38 Å². The van der Waals surface area contributed by atoms with Crippen LogP contribution >= 0.6 is 0 Å². The molecule has 2 N–H and O–H groups in total. The minimum Gasteiger partial charge on any atom is -0.398 e. The summed E-state index contributed by atoms with van der Waals surface area (Å²) >= 11 is 0. The van der Waals surface area contributed by atoms with Crippen LogP contribution in [0.5, 0.6) is 0 Å². The summed E-state index contributed by atoms with van der Waals surface area (Å²) in [4.78, 5) is 4.80. The quantitative estimate of drug-likeness (QED) is 0.589. The van der Waals surface area contributed by atoms with Gasteiger partial charge in [-0.25, -0.2) is 4.98 Å². The van der Waals surface area contributed by atoms with Gasteiger partial charge in [0, 0.05) is 17.4 Å². The van der Waals surface area contributed by atoms with Gasteiger partial charge in [-0.15, -0.1) is 0 Å². The molecule has 0 saturated carbocycles. The van der Waals surface area contributed by atoms with Gasteiger partial charge in [-0.05, 0) is 29.7 Å². The molecule has 0 radical (unpaired) electrons. The Bertz CT molecular complexity index is 983. The summed E-state index contributed by atoms with van der Waals surface area (Å²) < 4.78 is 2.09. The number of nitrogen functional groups attached to an aromatic ring is 1. The molecule has 0 saturated heterocycles. The third kappa shape index (κ3) is 2.44. The number of rotatable bonds is 3. The van der Waals surface area contributed by atoms with Crippen LogP contribution in [-0.4, -0.2) is 9.38 Å². The molecule has 118 valence electrons. The number of fused-ring (bicyclic) bond motifs is 1. The van der Waals surface area contributed by atoms with Crippen molar-refractivity contribution in [3.8, 4) is 22.4 Å². The van der Waals surface area contributed by atoms with Crippen LogP contribution in [0.3, 0.4) is 0 Å². The number of benzene rings is 2. The zero-order valence-corrected chi connectivity index (χ0v) is 13.6. The lowest BCUT2D eigenvalue weighted by molar-refractivity contribution is 0.999. The van der Waals surface area contributed by atoms with E-state index in [4.69, 9.17) is 10.7 Å². The van der Waals surface area contributed by atoms with E-state index in [1.54, 1.807) is 0 Å². The van der Waals surface area contributed by atoms with Gasteiger partial charge in [0.05, 0.1) is 11.4 Å². The molecule has 0 fully saturated rings. The Morgan fingerprint density at radius 2 is 1.50 bits per heavy atom. The Labute approximate surface area is 141 Å². The number of hydrogen-bond acceptors (Lipinski definition) is 2. The van der Waals surface area contributed by atoms with Crippen LogP contribution in [0.25, 0.3) is 28.0 Å². The highest BCUT2D eigenvalue weighted by Gasteiger charge is 2.12. The maximum Gasteiger partial charge on any atom is 0.137 e. The molecule has 2 heterocycles. The number of imidazole rings is 1. The number of aromatic nitrogens is 2. The number of pyridine rings is 1. The number of nitrogens with two attached hydrogens (primary N) is 1. The molecule has 0 atom stereocenters. The Kier molecular flexibility index (Phi) is 3.54. The van der Waals surface area contributed by atoms with E-state index in [1.807, 2.05) is 24.4 Å². The smallest absolute Gasteiger partial charge is 0.137 e. The van der Waals surface area contributed by atoms with E-state index >= 15 is 0 Å². The topological polar surface area (TPSA) is 43.3 Å². The van der Waals surface area contributed by atoms with Gasteiger partial charge < -0.3 is 10.1 Å². The fourth-order valence-electron chi connectivity index (χ4n) is 3.13. The predicted molar refractivity (Wildman–Crippen MR) is 99.9 cm³/mol. The first-order valence-electron chi connectivity index (χ1n) is 8.18. The molecule has 0 aliphatic heterocycles. The van der Waals surface area contributed by atoms with E-state index in [1.165, 1.54) is 16.8 Å². The van der Waals surface area contributed by atoms with E-state index in [0.29, 0.717) is 0 Å². The van der Waals surface area contributed by atoms with Gasteiger partial charge in [-0.1, -0.05) is 61.5 Å². The van der Waals surface area contributed by atoms with Crippen LogP contribution < -0.4 is 5.73 Å². The third-order valence-electron chi connectivity index (χ3n) is 4.34. The minimum atomic E-state index is 0.751. The van der Waals surface area contributed by atoms with Crippen LogP contribution in [0.2, 0.25) is 0 Å². The second kappa shape index (κ2) is 5.85. The van der Waals surface area contributed by atoms with Gasteiger partial charge in [0.15, 0.2) is 0 Å². The van der Waals surface area contributed by atoms with E-state index in [2.05, 4.69) is 59.9 Å². The van der Waals surface area contributed by atoms with Crippen LogP contribution in [0.15, 0.2) is 72.9 Å². The van der Waals surface area contributed by atoms with Gasteiger partial charge in [0.25, 0.3) is 0 Å². The average Bonchev–Trinajstić information content (AvgIpc) is 3.00. The highest BCUT2D eigenvalue weighted by molar-refractivity contribution is 5.72. The number of anilines is 1. The minimum absolute atomic E-state index is 0.751. The molecule has 0 amide bonds. The van der Waals surface area contributed by atoms with E-state index in [9.17, 15) is 0 Å². The van der Waals surface area contributed by atoms with Crippen molar-refractivity contribution in [3.63, 3.8) is 0 Å². The summed E-state index contributed by atoms with van der Waals surface area (Å²) in [6, 6.07) is 22.9. The molecule has 24 heavy (non-hydrogen) atoms. The lowest BCUT2D eigenvalue weighted by Crippen LogP contribution is -1.95. The van der Waals surface area contributed by atoms with Crippen molar-refractivity contribution in [2.75, 3.05) is 5.73 Å². The summed E-state index contributed by atoms with van der Waals surface area (Å²) in [7, 11) is 0. The number of nitrogens with zero attached hydrogens (tertiary/aromatic N) is 2. The third-order valence-corrected chi connectivity index (χ3v) is 4.34. The maximum atomic E-state index is 5.93. The highest BCUT2D eigenvalue weighted by atomic mass is 15.0. The summed E-state index contributed by atoms with van der Waals surface area (Å²) in [6.07, 6.45) is 2.85. The van der Waals surface area contributed by atoms with Crippen molar-refractivity contribution < 1.29 is 0 Å². The molecular formula is C21H19N3. The van der Waals surface area contributed by atoms with Gasteiger partial charge >= 0.3 is 0 Å². The van der Waals surface area contributed by atoms with E-state index in [0.717, 1.165) is 29.0 Å². The summed E-state index contributed by atoms with van der Waals surface area (Å²) in [6.45, 7) is 2.15. The SMILES string of the molecule is CCc1c(-c2ccc(-c3ccccc3)cc2)nc2ccc(N)cn12.